The molecule has 0 bridgehead atoms. The molecule has 0 aliphatic carbocycles. The molecule has 0 aliphatic heterocycles. The van der Waals surface area contributed by atoms with Gasteiger partial charge in [-0.15, -0.1) is 0 Å². The number of methoxy groups -OCH3 is 1. The number of rotatable bonds is 6. The molecule has 1 aromatic rings. The number of ether oxygens (including phenoxy) is 1. The molecule has 16 heavy (non-hydrogen) atoms. The quantitative estimate of drug-likeness (QED) is 0.755. The van der Waals surface area contributed by atoms with E-state index < -0.39 is 5.97 Å². The lowest BCUT2D eigenvalue weighted by atomic mass is 10.2. The Morgan fingerprint density at radius 1 is 1.69 bits per heavy atom. The van der Waals surface area contributed by atoms with Crippen LogP contribution >= 0.6 is 0 Å². The first-order chi connectivity index (χ1) is 7.61. The van der Waals surface area contributed by atoms with Crippen LogP contribution in [0.25, 0.3) is 0 Å². The van der Waals surface area contributed by atoms with Crippen molar-refractivity contribution in [1.29, 1.82) is 0 Å². The highest BCUT2D eigenvalue weighted by Gasteiger charge is 2.06. The lowest BCUT2D eigenvalue weighted by molar-refractivity contribution is -0.137. The maximum absolute atomic E-state index is 10.5. The van der Waals surface area contributed by atoms with Gasteiger partial charge in [-0.25, -0.2) is 4.98 Å². The molecule has 1 unspecified atom stereocenters. The standard InChI is InChI=1S/C11H16N2O3/c1-8(5-11(14)15)13-7-9-3-4-12-10(6-9)16-2/h3-4,6,8,13H,5,7H2,1-2H3,(H,14,15). The van der Waals surface area contributed by atoms with Gasteiger partial charge in [-0.2, -0.15) is 0 Å². The first-order valence-electron chi connectivity index (χ1n) is 5.06. The molecule has 0 saturated carbocycles. The summed E-state index contributed by atoms with van der Waals surface area (Å²) >= 11 is 0. The van der Waals surface area contributed by atoms with Gasteiger partial charge in [-0.05, 0) is 18.6 Å². The third-order valence-electron chi connectivity index (χ3n) is 2.14. The van der Waals surface area contributed by atoms with Crippen molar-refractivity contribution < 1.29 is 14.6 Å². The predicted molar refractivity (Wildman–Crippen MR) is 59.3 cm³/mol. The third-order valence-corrected chi connectivity index (χ3v) is 2.14. The van der Waals surface area contributed by atoms with E-state index in [1.807, 2.05) is 19.1 Å². The fourth-order valence-electron chi connectivity index (χ4n) is 1.30. The van der Waals surface area contributed by atoms with Gasteiger partial charge in [0.05, 0.1) is 13.5 Å². The molecule has 0 aliphatic rings. The molecule has 88 valence electrons. The van der Waals surface area contributed by atoms with Gasteiger partial charge in [0, 0.05) is 24.8 Å². The van der Waals surface area contributed by atoms with Crippen LogP contribution in [-0.4, -0.2) is 29.2 Å². The lowest BCUT2D eigenvalue weighted by Crippen LogP contribution is -2.27. The van der Waals surface area contributed by atoms with Crippen LogP contribution in [0.2, 0.25) is 0 Å². The second-order valence-corrected chi connectivity index (χ2v) is 3.59. The van der Waals surface area contributed by atoms with E-state index in [1.54, 1.807) is 13.3 Å². The molecule has 1 aromatic heterocycles. The van der Waals surface area contributed by atoms with Gasteiger partial charge in [0.15, 0.2) is 0 Å². The summed E-state index contributed by atoms with van der Waals surface area (Å²) in [5.41, 5.74) is 1.02. The van der Waals surface area contributed by atoms with Gasteiger partial charge < -0.3 is 15.2 Å². The van der Waals surface area contributed by atoms with E-state index in [4.69, 9.17) is 9.84 Å². The zero-order valence-electron chi connectivity index (χ0n) is 9.43. The molecule has 1 atom stereocenters. The SMILES string of the molecule is COc1cc(CNC(C)CC(=O)O)ccn1. The van der Waals surface area contributed by atoms with E-state index in [0.717, 1.165) is 5.56 Å². The third kappa shape index (κ3) is 4.27. The van der Waals surface area contributed by atoms with Crippen LogP contribution in [0.1, 0.15) is 18.9 Å². The minimum Gasteiger partial charge on any atom is -0.481 e. The number of aromatic nitrogens is 1. The Morgan fingerprint density at radius 3 is 3.06 bits per heavy atom. The van der Waals surface area contributed by atoms with Crippen LogP contribution in [0.4, 0.5) is 0 Å². The van der Waals surface area contributed by atoms with E-state index in [2.05, 4.69) is 10.3 Å². The fourth-order valence-corrected chi connectivity index (χ4v) is 1.30. The average molecular weight is 224 g/mol. The highest BCUT2D eigenvalue weighted by atomic mass is 16.5. The van der Waals surface area contributed by atoms with Crippen LogP contribution in [-0.2, 0) is 11.3 Å². The van der Waals surface area contributed by atoms with Crippen LogP contribution in [0.3, 0.4) is 0 Å². The summed E-state index contributed by atoms with van der Waals surface area (Å²) < 4.78 is 4.99. The molecular weight excluding hydrogens is 208 g/mol. The van der Waals surface area contributed by atoms with E-state index in [1.165, 1.54) is 0 Å². The molecule has 0 radical (unpaired) electrons. The largest absolute Gasteiger partial charge is 0.481 e. The Morgan fingerprint density at radius 2 is 2.44 bits per heavy atom. The van der Waals surface area contributed by atoms with E-state index in [0.29, 0.717) is 12.4 Å². The van der Waals surface area contributed by atoms with Crippen LogP contribution in [0.5, 0.6) is 5.88 Å². The average Bonchev–Trinajstić information content (AvgIpc) is 2.26. The van der Waals surface area contributed by atoms with Crippen molar-refractivity contribution in [3.05, 3.63) is 23.9 Å². The number of aliphatic carboxylic acids is 1. The zero-order valence-corrected chi connectivity index (χ0v) is 9.43. The molecule has 1 rings (SSSR count). The topological polar surface area (TPSA) is 71.5 Å². The van der Waals surface area contributed by atoms with Gasteiger partial charge in [0.25, 0.3) is 0 Å². The smallest absolute Gasteiger partial charge is 0.304 e. The highest BCUT2D eigenvalue weighted by molar-refractivity contribution is 5.67. The van der Waals surface area contributed by atoms with Gasteiger partial charge in [0.2, 0.25) is 5.88 Å². The summed E-state index contributed by atoms with van der Waals surface area (Å²) in [5.74, 6) is -0.238. The van der Waals surface area contributed by atoms with Crippen molar-refractivity contribution in [3.63, 3.8) is 0 Å². The van der Waals surface area contributed by atoms with Crippen LogP contribution in [0, 0.1) is 0 Å². The fraction of sp³-hybridized carbons (Fsp3) is 0.455. The van der Waals surface area contributed by atoms with Crippen LogP contribution in [0.15, 0.2) is 18.3 Å². The van der Waals surface area contributed by atoms with Crippen LogP contribution < -0.4 is 10.1 Å². The lowest BCUT2D eigenvalue weighted by Gasteiger charge is -2.11. The molecule has 5 heteroatoms. The van der Waals surface area contributed by atoms with E-state index in [-0.39, 0.29) is 12.5 Å². The Kier molecular flexibility index (Phi) is 4.72. The first kappa shape index (κ1) is 12.4. The molecule has 0 amide bonds. The molecule has 1 heterocycles. The van der Waals surface area contributed by atoms with Crippen molar-refractivity contribution in [2.45, 2.75) is 25.9 Å². The molecule has 0 fully saturated rings. The maximum Gasteiger partial charge on any atom is 0.304 e. The number of hydrogen-bond donors (Lipinski definition) is 2. The molecule has 2 N–H and O–H groups in total. The minimum atomic E-state index is -0.799. The van der Waals surface area contributed by atoms with Crippen molar-refractivity contribution in [3.8, 4) is 5.88 Å². The number of carboxylic acid groups (broad SMARTS) is 1. The first-order valence-corrected chi connectivity index (χ1v) is 5.06. The maximum atomic E-state index is 10.5. The highest BCUT2D eigenvalue weighted by Crippen LogP contribution is 2.08. The zero-order chi connectivity index (χ0) is 12.0. The summed E-state index contributed by atoms with van der Waals surface area (Å²) in [6, 6.07) is 3.63. The number of carboxylic acids is 1. The Hall–Kier alpha value is -1.62. The summed E-state index contributed by atoms with van der Waals surface area (Å²) in [4.78, 5) is 14.4. The van der Waals surface area contributed by atoms with Crippen molar-refractivity contribution in [2.24, 2.45) is 0 Å². The molecule has 0 spiro atoms. The molecule has 5 nitrogen and oxygen atoms in total. The predicted octanol–water partition coefficient (Wildman–Crippen LogP) is 1.04. The van der Waals surface area contributed by atoms with E-state index >= 15 is 0 Å². The number of nitrogens with zero attached hydrogens (tertiary/aromatic N) is 1. The Bertz CT molecular complexity index is 355. The van der Waals surface area contributed by atoms with Gasteiger partial charge in [0.1, 0.15) is 0 Å². The number of pyridine rings is 1. The number of nitrogens with one attached hydrogen (secondary N) is 1. The number of carbonyl (C=O) groups is 1. The molecule has 0 aromatic carbocycles. The summed E-state index contributed by atoms with van der Waals surface area (Å²) in [5, 5.41) is 11.7. The van der Waals surface area contributed by atoms with Crippen molar-refractivity contribution in [1.82, 2.24) is 10.3 Å². The number of hydrogen-bond acceptors (Lipinski definition) is 4. The monoisotopic (exact) mass is 224 g/mol. The second kappa shape index (κ2) is 6.07. The van der Waals surface area contributed by atoms with E-state index in [9.17, 15) is 4.79 Å². The Labute approximate surface area is 94.5 Å². The van der Waals surface area contributed by atoms with Crippen molar-refractivity contribution in [2.75, 3.05) is 7.11 Å². The normalized spacial score (nSPS) is 12.1. The van der Waals surface area contributed by atoms with Gasteiger partial charge in [-0.1, -0.05) is 0 Å². The van der Waals surface area contributed by atoms with Gasteiger partial charge in [-0.3, -0.25) is 4.79 Å². The molecule has 0 saturated heterocycles. The summed E-state index contributed by atoms with van der Waals surface area (Å²) in [7, 11) is 1.56. The van der Waals surface area contributed by atoms with Gasteiger partial charge >= 0.3 is 5.97 Å². The Balaban J connectivity index is 2.44. The second-order valence-electron chi connectivity index (χ2n) is 3.59. The van der Waals surface area contributed by atoms with Crippen molar-refractivity contribution >= 4 is 5.97 Å². The summed E-state index contributed by atoms with van der Waals surface area (Å²) in [6.45, 7) is 2.44. The summed E-state index contributed by atoms with van der Waals surface area (Å²) in [6.07, 6.45) is 1.78. The minimum absolute atomic E-state index is 0.0586. The molecular formula is C11H16N2O3.